The van der Waals surface area contributed by atoms with Crippen molar-refractivity contribution in [3.63, 3.8) is 0 Å². The number of aliphatic hydroxyl groups excluding tert-OH is 1. The molecule has 0 aliphatic rings. The summed E-state index contributed by atoms with van der Waals surface area (Å²) in [6.45, 7) is 2.33. The van der Waals surface area contributed by atoms with Gasteiger partial charge in [-0.2, -0.15) is 0 Å². The summed E-state index contributed by atoms with van der Waals surface area (Å²) in [7, 11) is 0. The Kier molecular flexibility index (Phi) is 6.10. The van der Waals surface area contributed by atoms with E-state index in [1.165, 1.54) is 0 Å². The molecule has 4 heteroatoms. The molecule has 0 aliphatic heterocycles. The van der Waals surface area contributed by atoms with Crippen molar-refractivity contribution >= 4 is 5.97 Å². The third kappa shape index (κ3) is 5.36. The number of esters is 1. The van der Waals surface area contributed by atoms with Gasteiger partial charge in [0.05, 0.1) is 13.2 Å². The number of carbonyl (C=O) groups excluding carboxylic acids is 1. The fourth-order valence-corrected chi connectivity index (χ4v) is 1.25. The highest BCUT2D eigenvalue weighted by molar-refractivity contribution is 5.71. The molecule has 0 fully saturated rings. The first-order valence-electron chi connectivity index (χ1n) is 5.74. The summed E-state index contributed by atoms with van der Waals surface area (Å²) in [5.74, 6) is 0.192. The Morgan fingerprint density at radius 2 is 2.24 bits per heavy atom. The molecule has 0 aliphatic carbocycles. The maximum absolute atomic E-state index is 11.2. The smallest absolute Gasteiger partial charge is 0.344 e. The summed E-state index contributed by atoms with van der Waals surface area (Å²) in [6, 6.07) is 6.98. The van der Waals surface area contributed by atoms with E-state index in [9.17, 15) is 4.79 Å². The van der Waals surface area contributed by atoms with Crippen LogP contribution in [0.1, 0.15) is 25.3 Å². The first-order valence-corrected chi connectivity index (χ1v) is 5.74. The molecule has 1 rings (SSSR count). The summed E-state index contributed by atoms with van der Waals surface area (Å²) >= 11 is 0. The Morgan fingerprint density at radius 3 is 2.94 bits per heavy atom. The highest BCUT2D eigenvalue weighted by atomic mass is 16.6. The van der Waals surface area contributed by atoms with E-state index in [4.69, 9.17) is 14.6 Å². The van der Waals surface area contributed by atoms with Crippen LogP contribution in [0.2, 0.25) is 0 Å². The SMILES string of the molecule is CCCCOC(=O)COc1cccc(CO)c1. The average molecular weight is 238 g/mol. The van der Waals surface area contributed by atoms with E-state index in [2.05, 4.69) is 0 Å². The predicted molar refractivity (Wildman–Crippen MR) is 63.7 cm³/mol. The number of ether oxygens (including phenoxy) is 2. The van der Waals surface area contributed by atoms with E-state index in [-0.39, 0.29) is 19.2 Å². The van der Waals surface area contributed by atoms with Crippen LogP contribution in [0.15, 0.2) is 24.3 Å². The zero-order chi connectivity index (χ0) is 12.5. The van der Waals surface area contributed by atoms with Gasteiger partial charge in [0.1, 0.15) is 5.75 Å². The van der Waals surface area contributed by atoms with Gasteiger partial charge in [-0.05, 0) is 24.1 Å². The summed E-state index contributed by atoms with van der Waals surface area (Å²) in [4.78, 5) is 11.2. The largest absolute Gasteiger partial charge is 0.482 e. The molecule has 0 saturated heterocycles. The van der Waals surface area contributed by atoms with E-state index in [1.807, 2.05) is 6.92 Å². The van der Waals surface area contributed by atoms with Crippen molar-refractivity contribution in [2.24, 2.45) is 0 Å². The number of carbonyl (C=O) groups is 1. The van der Waals surface area contributed by atoms with Gasteiger partial charge < -0.3 is 14.6 Å². The quantitative estimate of drug-likeness (QED) is 0.582. The first kappa shape index (κ1) is 13.5. The van der Waals surface area contributed by atoms with E-state index in [0.717, 1.165) is 18.4 Å². The maximum atomic E-state index is 11.2. The minimum atomic E-state index is -0.368. The number of benzene rings is 1. The van der Waals surface area contributed by atoms with Crippen molar-refractivity contribution < 1.29 is 19.4 Å². The molecule has 0 radical (unpaired) electrons. The Bertz CT molecular complexity index is 349. The van der Waals surface area contributed by atoms with E-state index in [0.29, 0.717) is 12.4 Å². The molecule has 17 heavy (non-hydrogen) atoms. The summed E-state index contributed by atoms with van der Waals surface area (Å²) in [6.07, 6.45) is 1.86. The number of unbranched alkanes of at least 4 members (excludes halogenated alkanes) is 1. The van der Waals surface area contributed by atoms with Crippen LogP contribution in [0, 0.1) is 0 Å². The second-order valence-corrected chi connectivity index (χ2v) is 3.67. The van der Waals surface area contributed by atoms with E-state index < -0.39 is 0 Å². The average Bonchev–Trinajstić information content (AvgIpc) is 2.37. The van der Waals surface area contributed by atoms with Gasteiger partial charge in [-0.3, -0.25) is 0 Å². The first-order chi connectivity index (χ1) is 8.26. The van der Waals surface area contributed by atoms with Crippen molar-refractivity contribution in [1.82, 2.24) is 0 Å². The summed E-state index contributed by atoms with van der Waals surface area (Å²) < 4.78 is 10.2. The molecular weight excluding hydrogens is 220 g/mol. The molecule has 1 aromatic rings. The van der Waals surface area contributed by atoms with E-state index >= 15 is 0 Å². The van der Waals surface area contributed by atoms with Crippen LogP contribution in [0.4, 0.5) is 0 Å². The predicted octanol–water partition coefficient (Wildman–Crippen LogP) is 1.90. The number of rotatable bonds is 7. The highest BCUT2D eigenvalue weighted by Gasteiger charge is 2.04. The monoisotopic (exact) mass is 238 g/mol. The van der Waals surface area contributed by atoms with Gasteiger partial charge in [0.2, 0.25) is 0 Å². The number of hydrogen-bond donors (Lipinski definition) is 1. The molecule has 0 spiro atoms. The lowest BCUT2D eigenvalue weighted by Gasteiger charge is -2.07. The molecule has 0 saturated carbocycles. The molecule has 1 aromatic carbocycles. The second-order valence-electron chi connectivity index (χ2n) is 3.67. The molecule has 4 nitrogen and oxygen atoms in total. The van der Waals surface area contributed by atoms with Gasteiger partial charge in [0.15, 0.2) is 6.61 Å². The lowest BCUT2D eigenvalue weighted by molar-refractivity contribution is -0.146. The van der Waals surface area contributed by atoms with Crippen LogP contribution >= 0.6 is 0 Å². The van der Waals surface area contributed by atoms with Crippen LogP contribution in [0.5, 0.6) is 5.75 Å². The van der Waals surface area contributed by atoms with Crippen LogP contribution in [-0.4, -0.2) is 24.3 Å². The van der Waals surface area contributed by atoms with Gasteiger partial charge in [0.25, 0.3) is 0 Å². The van der Waals surface area contributed by atoms with Crippen LogP contribution in [0.3, 0.4) is 0 Å². The van der Waals surface area contributed by atoms with Crippen molar-refractivity contribution in [3.05, 3.63) is 29.8 Å². The topological polar surface area (TPSA) is 55.8 Å². The third-order valence-corrected chi connectivity index (χ3v) is 2.20. The zero-order valence-electron chi connectivity index (χ0n) is 10.0. The van der Waals surface area contributed by atoms with Crippen LogP contribution < -0.4 is 4.74 Å². The summed E-state index contributed by atoms with van der Waals surface area (Å²) in [5, 5.41) is 8.94. The molecule has 0 bridgehead atoms. The molecule has 0 unspecified atom stereocenters. The van der Waals surface area contributed by atoms with E-state index in [1.54, 1.807) is 24.3 Å². The number of hydrogen-bond acceptors (Lipinski definition) is 4. The lowest BCUT2D eigenvalue weighted by atomic mass is 10.2. The van der Waals surface area contributed by atoms with Crippen molar-refractivity contribution in [2.75, 3.05) is 13.2 Å². The molecule has 94 valence electrons. The zero-order valence-corrected chi connectivity index (χ0v) is 10.0. The summed E-state index contributed by atoms with van der Waals surface area (Å²) in [5.41, 5.74) is 0.752. The highest BCUT2D eigenvalue weighted by Crippen LogP contribution is 2.13. The minimum Gasteiger partial charge on any atom is -0.482 e. The molecule has 0 amide bonds. The Balaban J connectivity index is 2.31. The lowest BCUT2D eigenvalue weighted by Crippen LogP contribution is -2.15. The molecule has 0 atom stereocenters. The molecule has 0 aromatic heterocycles. The fraction of sp³-hybridized carbons (Fsp3) is 0.462. The number of aliphatic hydroxyl groups is 1. The maximum Gasteiger partial charge on any atom is 0.344 e. The van der Waals surface area contributed by atoms with Crippen molar-refractivity contribution in [2.45, 2.75) is 26.4 Å². The van der Waals surface area contributed by atoms with Crippen LogP contribution in [0.25, 0.3) is 0 Å². The van der Waals surface area contributed by atoms with Crippen LogP contribution in [-0.2, 0) is 16.1 Å². The minimum absolute atomic E-state index is 0.0435. The normalized spacial score (nSPS) is 10.0. The van der Waals surface area contributed by atoms with Gasteiger partial charge in [0, 0.05) is 0 Å². The molecule has 1 N–H and O–H groups in total. The van der Waals surface area contributed by atoms with Gasteiger partial charge in [-0.1, -0.05) is 25.5 Å². The van der Waals surface area contributed by atoms with Gasteiger partial charge >= 0.3 is 5.97 Å². The molecule has 0 heterocycles. The fourth-order valence-electron chi connectivity index (χ4n) is 1.25. The molecular formula is C13H18O4. The Morgan fingerprint density at radius 1 is 1.41 bits per heavy atom. The standard InChI is InChI=1S/C13H18O4/c1-2-3-7-16-13(15)10-17-12-6-4-5-11(8-12)9-14/h4-6,8,14H,2-3,7,9-10H2,1H3. The third-order valence-electron chi connectivity index (χ3n) is 2.20. The second kappa shape index (κ2) is 7.68. The Hall–Kier alpha value is -1.55. The van der Waals surface area contributed by atoms with Gasteiger partial charge in [-0.15, -0.1) is 0 Å². The van der Waals surface area contributed by atoms with Crippen molar-refractivity contribution in [1.29, 1.82) is 0 Å². The van der Waals surface area contributed by atoms with Crippen molar-refractivity contribution in [3.8, 4) is 5.75 Å². The van der Waals surface area contributed by atoms with Gasteiger partial charge in [-0.25, -0.2) is 4.79 Å². The Labute approximate surface area is 101 Å².